The molecule has 2 aliphatic rings. The Balaban J connectivity index is 1.23. The molecule has 1 fully saturated rings. The van der Waals surface area contributed by atoms with Gasteiger partial charge in [0.1, 0.15) is 0 Å². The zero-order valence-corrected chi connectivity index (χ0v) is 21.2. The van der Waals surface area contributed by atoms with Crippen LogP contribution in [-0.2, 0) is 29.0 Å². The number of fused-ring (bicyclic) bond motifs is 1. The number of nitrogens with zero attached hydrogens (tertiary/aromatic N) is 3. The topological polar surface area (TPSA) is 74.8 Å². The summed E-state index contributed by atoms with van der Waals surface area (Å²) in [5, 5.41) is 2.99. The van der Waals surface area contributed by atoms with Crippen molar-refractivity contribution in [2.75, 3.05) is 37.7 Å². The average Bonchev–Trinajstić information content (AvgIpc) is 2.96. The van der Waals surface area contributed by atoms with Gasteiger partial charge in [0.05, 0.1) is 13.2 Å². The Morgan fingerprint density at radius 3 is 2.54 bits per heavy atom. The standard InChI is InChI=1S/C30H32N4O3/c1-22-28(20-32-29(35)12-7-23-5-3-2-4-6-23)27-13-14-34(21-25(27)19-31-22)30(36)24-8-10-26(11-9-24)33-15-17-37-18-16-33/h2-12,19H,13-18,20-21H2,1H3,(H,32,35)/b12-7+. The van der Waals surface area contributed by atoms with Crippen molar-refractivity contribution in [3.8, 4) is 0 Å². The highest BCUT2D eigenvalue weighted by Gasteiger charge is 2.25. The molecular formula is C30H32N4O3. The number of nitrogens with one attached hydrogen (secondary N) is 1. The van der Waals surface area contributed by atoms with Gasteiger partial charge >= 0.3 is 0 Å². The van der Waals surface area contributed by atoms with Crippen LogP contribution < -0.4 is 10.2 Å². The number of anilines is 1. The first kappa shape index (κ1) is 24.7. The second kappa shape index (κ2) is 11.4. The molecule has 37 heavy (non-hydrogen) atoms. The summed E-state index contributed by atoms with van der Waals surface area (Å²) in [6.45, 7) is 6.74. The smallest absolute Gasteiger partial charge is 0.254 e. The molecule has 0 atom stereocenters. The molecule has 3 aromatic rings. The van der Waals surface area contributed by atoms with Gasteiger partial charge in [0.15, 0.2) is 0 Å². The van der Waals surface area contributed by atoms with Gasteiger partial charge in [-0.3, -0.25) is 14.6 Å². The van der Waals surface area contributed by atoms with Crippen molar-refractivity contribution >= 4 is 23.6 Å². The molecule has 0 aliphatic carbocycles. The zero-order chi connectivity index (χ0) is 25.6. The third kappa shape index (κ3) is 5.89. The molecule has 0 spiro atoms. The highest BCUT2D eigenvalue weighted by molar-refractivity contribution is 5.95. The number of hydrogen-bond donors (Lipinski definition) is 1. The highest BCUT2D eigenvalue weighted by Crippen LogP contribution is 2.26. The van der Waals surface area contributed by atoms with Crippen LogP contribution in [0.25, 0.3) is 6.08 Å². The number of aromatic nitrogens is 1. The fourth-order valence-corrected chi connectivity index (χ4v) is 4.92. The summed E-state index contributed by atoms with van der Waals surface area (Å²) in [5.41, 5.74) is 6.97. The number of hydrogen-bond acceptors (Lipinski definition) is 5. The molecule has 2 aliphatic heterocycles. The predicted octanol–water partition coefficient (Wildman–Crippen LogP) is 3.75. The van der Waals surface area contributed by atoms with Gasteiger partial charge in [-0.1, -0.05) is 30.3 Å². The van der Waals surface area contributed by atoms with Crippen LogP contribution in [0.1, 0.15) is 38.3 Å². The third-order valence-corrected chi connectivity index (χ3v) is 7.04. The number of morpholine rings is 1. The summed E-state index contributed by atoms with van der Waals surface area (Å²) in [6.07, 6.45) is 5.96. The number of rotatable bonds is 6. The van der Waals surface area contributed by atoms with Gasteiger partial charge < -0.3 is 19.9 Å². The van der Waals surface area contributed by atoms with E-state index in [1.54, 1.807) is 12.2 Å². The number of pyridine rings is 1. The van der Waals surface area contributed by atoms with Crippen LogP contribution in [0.4, 0.5) is 5.69 Å². The van der Waals surface area contributed by atoms with Crippen LogP contribution >= 0.6 is 0 Å². The van der Waals surface area contributed by atoms with Gasteiger partial charge in [0.2, 0.25) is 5.91 Å². The van der Waals surface area contributed by atoms with E-state index >= 15 is 0 Å². The van der Waals surface area contributed by atoms with E-state index in [-0.39, 0.29) is 11.8 Å². The molecule has 0 bridgehead atoms. The molecule has 7 nitrogen and oxygen atoms in total. The Labute approximate surface area is 217 Å². The Bertz CT molecular complexity index is 1280. The van der Waals surface area contributed by atoms with Crippen LogP contribution in [0.3, 0.4) is 0 Å². The number of carbonyl (C=O) groups excluding carboxylic acids is 2. The lowest BCUT2D eigenvalue weighted by Gasteiger charge is -2.31. The van der Waals surface area contributed by atoms with Crippen LogP contribution in [-0.4, -0.2) is 54.5 Å². The second-order valence-electron chi connectivity index (χ2n) is 9.41. The van der Waals surface area contributed by atoms with Gasteiger partial charge in [0.25, 0.3) is 5.91 Å². The summed E-state index contributed by atoms with van der Waals surface area (Å²) in [6, 6.07) is 17.6. The summed E-state index contributed by atoms with van der Waals surface area (Å²) in [5.74, 6) is -0.116. The second-order valence-corrected chi connectivity index (χ2v) is 9.41. The van der Waals surface area contributed by atoms with Crippen molar-refractivity contribution in [3.63, 3.8) is 0 Å². The van der Waals surface area contributed by atoms with Gasteiger partial charge in [-0.2, -0.15) is 0 Å². The minimum absolute atomic E-state index is 0.0284. The van der Waals surface area contributed by atoms with E-state index in [1.807, 2.05) is 72.6 Å². The monoisotopic (exact) mass is 496 g/mol. The minimum Gasteiger partial charge on any atom is -0.378 e. The van der Waals surface area contributed by atoms with Crippen molar-refractivity contribution in [2.24, 2.45) is 0 Å². The SMILES string of the molecule is Cc1ncc2c(c1CNC(=O)/C=C/c1ccccc1)CCN(C(=O)c1ccc(N3CCOCC3)cc1)C2. The molecular weight excluding hydrogens is 464 g/mol. The quantitative estimate of drug-likeness (QED) is 0.526. The summed E-state index contributed by atoms with van der Waals surface area (Å²) in [4.78, 5) is 34.4. The van der Waals surface area contributed by atoms with Crippen molar-refractivity contribution in [2.45, 2.75) is 26.4 Å². The van der Waals surface area contributed by atoms with Crippen molar-refractivity contribution in [1.82, 2.24) is 15.2 Å². The van der Waals surface area contributed by atoms with Gasteiger partial charge in [-0.25, -0.2) is 0 Å². The average molecular weight is 497 g/mol. The Morgan fingerprint density at radius 1 is 1.03 bits per heavy atom. The van der Waals surface area contributed by atoms with E-state index in [0.717, 1.165) is 60.8 Å². The molecule has 2 aromatic carbocycles. The van der Waals surface area contributed by atoms with Gasteiger partial charge in [0, 0.05) is 61.9 Å². The lowest BCUT2D eigenvalue weighted by atomic mass is 9.94. The van der Waals surface area contributed by atoms with Gasteiger partial charge in [-0.15, -0.1) is 0 Å². The van der Waals surface area contributed by atoms with Crippen molar-refractivity contribution < 1.29 is 14.3 Å². The zero-order valence-electron chi connectivity index (χ0n) is 21.2. The molecule has 3 heterocycles. The number of aryl methyl sites for hydroxylation is 1. The Hall–Kier alpha value is -3.97. The first-order chi connectivity index (χ1) is 18.1. The minimum atomic E-state index is -0.144. The molecule has 0 unspecified atom stereocenters. The largest absolute Gasteiger partial charge is 0.378 e. The van der Waals surface area contributed by atoms with E-state index in [0.29, 0.717) is 25.2 Å². The summed E-state index contributed by atoms with van der Waals surface area (Å²) >= 11 is 0. The molecule has 1 N–H and O–H groups in total. The molecule has 1 saturated heterocycles. The van der Waals surface area contributed by atoms with E-state index in [9.17, 15) is 9.59 Å². The molecule has 0 radical (unpaired) electrons. The predicted molar refractivity (Wildman–Crippen MR) is 144 cm³/mol. The maximum atomic E-state index is 13.3. The molecule has 0 saturated carbocycles. The first-order valence-electron chi connectivity index (χ1n) is 12.8. The third-order valence-electron chi connectivity index (χ3n) is 7.04. The Kier molecular flexibility index (Phi) is 7.61. The van der Waals surface area contributed by atoms with Crippen LogP contribution in [0.2, 0.25) is 0 Å². The molecule has 2 amide bonds. The number of amides is 2. The van der Waals surface area contributed by atoms with E-state index in [1.165, 1.54) is 5.56 Å². The van der Waals surface area contributed by atoms with Crippen LogP contribution in [0.15, 0.2) is 66.9 Å². The van der Waals surface area contributed by atoms with Crippen LogP contribution in [0, 0.1) is 6.92 Å². The number of carbonyl (C=O) groups is 2. The van der Waals surface area contributed by atoms with E-state index in [4.69, 9.17) is 4.74 Å². The summed E-state index contributed by atoms with van der Waals surface area (Å²) in [7, 11) is 0. The summed E-state index contributed by atoms with van der Waals surface area (Å²) < 4.78 is 5.43. The fraction of sp³-hybridized carbons (Fsp3) is 0.300. The van der Waals surface area contributed by atoms with E-state index < -0.39 is 0 Å². The molecule has 5 rings (SSSR count). The Morgan fingerprint density at radius 2 is 1.78 bits per heavy atom. The highest BCUT2D eigenvalue weighted by atomic mass is 16.5. The van der Waals surface area contributed by atoms with E-state index in [2.05, 4.69) is 15.2 Å². The molecule has 1 aromatic heterocycles. The first-order valence-corrected chi connectivity index (χ1v) is 12.8. The number of ether oxygens (including phenoxy) is 1. The van der Waals surface area contributed by atoms with Crippen molar-refractivity contribution in [3.05, 3.63) is 100 Å². The van der Waals surface area contributed by atoms with Crippen LogP contribution in [0.5, 0.6) is 0 Å². The normalized spacial score (nSPS) is 15.5. The number of benzene rings is 2. The van der Waals surface area contributed by atoms with Gasteiger partial charge in [-0.05, 0) is 65.9 Å². The lowest BCUT2D eigenvalue weighted by molar-refractivity contribution is -0.116. The lowest BCUT2D eigenvalue weighted by Crippen LogP contribution is -2.37. The maximum absolute atomic E-state index is 13.3. The fourth-order valence-electron chi connectivity index (χ4n) is 4.92. The molecule has 190 valence electrons. The maximum Gasteiger partial charge on any atom is 0.254 e. The van der Waals surface area contributed by atoms with Crippen molar-refractivity contribution in [1.29, 1.82) is 0 Å². The molecule has 7 heteroatoms.